The van der Waals surface area contributed by atoms with E-state index < -0.39 is 18.4 Å². The van der Waals surface area contributed by atoms with Gasteiger partial charge < -0.3 is 9.84 Å². The van der Waals surface area contributed by atoms with Crippen molar-refractivity contribution in [1.29, 1.82) is 0 Å². The third kappa shape index (κ3) is 4.99. The molecule has 5 heteroatoms. The van der Waals surface area contributed by atoms with Gasteiger partial charge in [-0.15, -0.1) is 0 Å². The molecule has 1 aliphatic carbocycles. The molecule has 2 heterocycles. The number of benzene rings is 1. The molecular weight excluding hydrogens is 405 g/mol. The molecule has 0 spiro atoms. The number of rotatable bonds is 6. The van der Waals surface area contributed by atoms with Crippen molar-refractivity contribution in [1.82, 2.24) is 4.98 Å². The van der Waals surface area contributed by atoms with Crippen LogP contribution in [0.3, 0.4) is 0 Å². The van der Waals surface area contributed by atoms with Gasteiger partial charge in [0.2, 0.25) is 0 Å². The van der Waals surface area contributed by atoms with Crippen LogP contribution in [0.4, 0.5) is 4.39 Å². The molecule has 3 unspecified atom stereocenters. The Labute approximate surface area is 188 Å². The van der Waals surface area contributed by atoms with Gasteiger partial charge in [-0.3, -0.25) is 9.78 Å². The first kappa shape index (κ1) is 22.4. The highest BCUT2D eigenvalue weighted by Gasteiger charge is 2.30. The number of halogens is 1. The van der Waals surface area contributed by atoms with Crippen LogP contribution in [0.15, 0.2) is 42.5 Å². The second-order valence-corrected chi connectivity index (χ2v) is 8.84. The molecule has 1 aromatic heterocycles. The van der Waals surface area contributed by atoms with E-state index in [4.69, 9.17) is 9.72 Å². The number of allylic oxidation sites excluding steroid dienone is 4. The fraction of sp³-hybridized carbons (Fsp3) is 0.407. The third-order valence-electron chi connectivity index (χ3n) is 5.98. The predicted molar refractivity (Wildman–Crippen MR) is 126 cm³/mol. The first-order valence-electron chi connectivity index (χ1n) is 11.3. The molecule has 1 aromatic carbocycles. The molecule has 2 fully saturated rings. The highest BCUT2D eigenvalue weighted by molar-refractivity contribution is 5.98. The van der Waals surface area contributed by atoms with E-state index in [2.05, 4.69) is 12.1 Å². The summed E-state index contributed by atoms with van der Waals surface area (Å²) in [5.74, 6) is 0.00287. The number of hydrogen-bond donors (Lipinski definition) is 1. The van der Waals surface area contributed by atoms with Crippen LogP contribution in [0.5, 0.6) is 0 Å². The topological polar surface area (TPSA) is 59.4 Å². The summed E-state index contributed by atoms with van der Waals surface area (Å²) in [4.78, 5) is 16.8. The lowest BCUT2D eigenvalue weighted by Gasteiger charge is -2.24. The summed E-state index contributed by atoms with van der Waals surface area (Å²) >= 11 is 0. The van der Waals surface area contributed by atoms with E-state index in [1.165, 1.54) is 6.92 Å². The van der Waals surface area contributed by atoms with Crippen LogP contribution in [-0.2, 0) is 9.53 Å². The van der Waals surface area contributed by atoms with Crippen molar-refractivity contribution in [2.75, 3.05) is 0 Å². The van der Waals surface area contributed by atoms with Crippen molar-refractivity contribution in [2.24, 2.45) is 0 Å². The second-order valence-electron chi connectivity index (χ2n) is 8.84. The lowest BCUT2D eigenvalue weighted by atomic mass is 9.90. The number of fused-ring (bicyclic) bond motifs is 1. The van der Waals surface area contributed by atoms with Crippen molar-refractivity contribution in [2.45, 2.75) is 70.8 Å². The zero-order valence-electron chi connectivity index (χ0n) is 18.8. The first-order valence-corrected chi connectivity index (χ1v) is 11.3. The molecule has 3 atom stereocenters. The highest BCUT2D eigenvalue weighted by Crippen LogP contribution is 2.44. The Kier molecular flexibility index (Phi) is 6.56. The fourth-order valence-corrected chi connectivity index (χ4v) is 4.25. The zero-order valence-corrected chi connectivity index (χ0v) is 18.8. The Balaban J connectivity index is 1.90. The third-order valence-corrected chi connectivity index (χ3v) is 5.98. The number of cyclic esters (lactones) is 1. The van der Waals surface area contributed by atoms with Crippen LogP contribution in [0.1, 0.15) is 67.8 Å². The van der Waals surface area contributed by atoms with E-state index in [0.29, 0.717) is 12.3 Å². The number of hydrogen-bond acceptors (Lipinski definition) is 4. The Bertz CT molecular complexity index is 1110. The number of esters is 1. The lowest BCUT2D eigenvalue weighted by Crippen LogP contribution is -2.31. The number of nitrogens with zero attached hydrogens (tertiary/aromatic N) is 1. The number of pyridine rings is 1. The number of ether oxygens (including phenoxy) is 1. The van der Waals surface area contributed by atoms with Crippen LogP contribution in [-0.4, -0.2) is 34.4 Å². The molecule has 4 nitrogen and oxygen atoms in total. The lowest BCUT2D eigenvalue weighted by molar-refractivity contribution is -0.156. The van der Waals surface area contributed by atoms with E-state index in [1.807, 2.05) is 44.2 Å². The van der Waals surface area contributed by atoms with Gasteiger partial charge in [-0.25, -0.2) is 4.39 Å². The van der Waals surface area contributed by atoms with Gasteiger partial charge in [-0.1, -0.05) is 35.9 Å². The Hall–Kier alpha value is -2.79. The number of aliphatic hydroxyl groups excluding tert-OH is 1. The minimum atomic E-state index is -1.05. The van der Waals surface area contributed by atoms with Crippen molar-refractivity contribution in [3.05, 3.63) is 64.9 Å². The van der Waals surface area contributed by atoms with E-state index in [0.717, 1.165) is 51.7 Å². The van der Waals surface area contributed by atoms with Gasteiger partial charge in [0.25, 0.3) is 0 Å². The summed E-state index contributed by atoms with van der Waals surface area (Å²) in [7, 11) is 0. The first-order chi connectivity index (χ1) is 15.4. The summed E-state index contributed by atoms with van der Waals surface area (Å²) < 4.78 is 19.1. The van der Waals surface area contributed by atoms with Gasteiger partial charge in [0, 0.05) is 23.3 Å². The molecule has 1 aliphatic heterocycles. The van der Waals surface area contributed by atoms with E-state index >= 15 is 0 Å². The molecule has 168 valence electrons. The van der Waals surface area contributed by atoms with Gasteiger partial charge in [-0.05, 0) is 63.0 Å². The molecule has 32 heavy (non-hydrogen) atoms. The molecule has 1 saturated carbocycles. The molecule has 2 aliphatic rings. The number of aromatic nitrogens is 1. The monoisotopic (exact) mass is 435 g/mol. The summed E-state index contributed by atoms with van der Waals surface area (Å²) in [6.45, 7) is 5.51. The van der Waals surface area contributed by atoms with Crippen molar-refractivity contribution in [3.63, 3.8) is 0 Å². The number of alkyl halides is 1. The summed E-state index contributed by atoms with van der Waals surface area (Å²) in [5.41, 5.74) is 5.98. The standard InChI is InChI=1S/C27H30FNO3/c1-4-18(7-6-17(3)28)26-22(11-10-21-14-20(30)15-25(31)32-21)27(19-8-9-19)29-24-12-5-16(2)13-23(24)26/h4-7,10-13,17,19-21,30H,8-9,14-15H2,1-3H3/b7-6-,11-10+,18-4+. The molecule has 1 N–H and O–H groups in total. The minimum absolute atomic E-state index is 0.0364. The van der Waals surface area contributed by atoms with Crippen molar-refractivity contribution in [3.8, 4) is 0 Å². The van der Waals surface area contributed by atoms with Gasteiger partial charge >= 0.3 is 5.97 Å². The number of carbonyl (C=O) groups is 1. The quantitative estimate of drug-likeness (QED) is 0.459. The number of aliphatic hydroxyl groups is 1. The normalized spacial score (nSPS) is 23.3. The van der Waals surface area contributed by atoms with Gasteiger partial charge in [0.1, 0.15) is 12.3 Å². The Morgan fingerprint density at radius 2 is 2.12 bits per heavy atom. The van der Waals surface area contributed by atoms with Crippen LogP contribution in [0, 0.1) is 6.92 Å². The maximum Gasteiger partial charge on any atom is 0.309 e. The smallest absolute Gasteiger partial charge is 0.309 e. The van der Waals surface area contributed by atoms with Crippen LogP contribution < -0.4 is 0 Å². The predicted octanol–water partition coefficient (Wildman–Crippen LogP) is 5.82. The van der Waals surface area contributed by atoms with Crippen molar-refractivity contribution >= 4 is 28.5 Å². The van der Waals surface area contributed by atoms with E-state index in [-0.39, 0.29) is 12.4 Å². The Morgan fingerprint density at radius 3 is 2.78 bits per heavy atom. The Morgan fingerprint density at radius 1 is 1.34 bits per heavy atom. The fourth-order valence-electron chi connectivity index (χ4n) is 4.25. The number of aryl methyl sites for hydroxylation is 1. The second kappa shape index (κ2) is 9.37. The largest absolute Gasteiger partial charge is 0.458 e. The molecule has 4 rings (SSSR count). The van der Waals surface area contributed by atoms with Gasteiger partial charge in [0.05, 0.1) is 23.7 Å². The van der Waals surface area contributed by atoms with E-state index in [9.17, 15) is 14.3 Å². The SMILES string of the molecule is C/C=C(\C=C/C(C)F)c1c(/C=C/C2CC(O)CC(=O)O2)c(C2CC2)nc2ccc(C)cc12. The highest BCUT2D eigenvalue weighted by atomic mass is 19.1. The average Bonchev–Trinajstić information content (AvgIpc) is 3.57. The number of carbonyl (C=O) groups excluding carboxylic acids is 1. The molecular formula is C27H30FNO3. The molecule has 1 saturated heterocycles. The van der Waals surface area contributed by atoms with Crippen LogP contribution in [0.25, 0.3) is 22.6 Å². The molecule has 0 amide bonds. The maximum absolute atomic E-state index is 13.7. The molecule has 0 radical (unpaired) electrons. The van der Waals surface area contributed by atoms with Crippen LogP contribution >= 0.6 is 0 Å². The van der Waals surface area contributed by atoms with Gasteiger partial charge in [0.15, 0.2) is 0 Å². The summed E-state index contributed by atoms with van der Waals surface area (Å²) in [5, 5.41) is 11.0. The minimum Gasteiger partial charge on any atom is -0.458 e. The molecule has 2 aromatic rings. The maximum atomic E-state index is 13.7. The summed E-state index contributed by atoms with van der Waals surface area (Å²) in [6, 6.07) is 6.22. The zero-order chi connectivity index (χ0) is 22.8. The average molecular weight is 436 g/mol. The van der Waals surface area contributed by atoms with E-state index in [1.54, 1.807) is 6.08 Å². The van der Waals surface area contributed by atoms with Gasteiger partial charge in [-0.2, -0.15) is 0 Å². The van der Waals surface area contributed by atoms with Crippen molar-refractivity contribution < 1.29 is 19.0 Å². The molecule has 0 bridgehead atoms. The van der Waals surface area contributed by atoms with Crippen LogP contribution in [0.2, 0.25) is 0 Å². The summed E-state index contributed by atoms with van der Waals surface area (Å²) in [6.07, 6.45) is 9.59.